The molecule has 0 bridgehead atoms. The van der Waals surface area contributed by atoms with Gasteiger partial charge in [0.25, 0.3) is 0 Å². The number of ether oxygens (including phenoxy) is 2. The molecule has 2 aliphatic heterocycles. The van der Waals surface area contributed by atoms with Gasteiger partial charge in [0.2, 0.25) is 0 Å². The molecule has 8 nitrogen and oxygen atoms in total. The topological polar surface area (TPSA) is 80.4 Å². The second-order valence-electron chi connectivity index (χ2n) is 6.76. The Hall–Kier alpha value is 0.114. The van der Waals surface area contributed by atoms with Crippen LogP contribution in [0.4, 0.5) is 0 Å². The van der Waals surface area contributed by atoms with Crippen LogP contribution >= 0.6 is 0 Å². The van der Waals surface area contributed by atoms with Gasteiger partial charge in [-0.2, -0.15) is 0 Å². The van der Waals surface area contributed by atoms with Crippen molar-refractivity contribution in [2.75, 3.05) is 49.3 Å². The van der Waals surface area contributed by atoms with Gasteiger partial charge in [0, 0.05) is 48.7 Å². The predicted octanol–water partition coefficient (Wildman–Crippen LogP) is 1.62. The monoisotopic (exact) mass is 410 g/mol. The molecule has 1 saturated carbocycles. The molecule has 26 heavy (non-hydrogen) atoms. The molecule has 0 aromatic rings. The summed E-state index contributed by atoms with van der Waals surface area (Å²) in [6, 6.07) is 0.915. The fraction of sp³-hybridized carbons (Fsp3) is 1.00. The van der Waals surface area contributed by atoms with E-state index in [9.17, 15) is 0 Å². The van der Waals surface area contributed by atoms with Crippen molar-refractivity contribution in [3.8, 4) is 0 Å². The van der Waals surface area contributed by atoms with E-state index in [0.717, 1.165) is 18.4 Å². The molecule has 10 heteroatoms. The molecule has 4 atom stereocenters. The molecule has 154 valence electrons. The molecule has 0 spiro atoms. The first-order valence-electron chi connectivity index (χ1n) is 9.10. The van der Waals surface area contributed by atoms with E-state index in [1.807, 2.05) is 0 Å². The first-order chi connectivity index (χ1) is 12.5. The average Bonchev–Trinajstić information content (AvgIpc) is 3.59. The fourth-order valence-corrected chi connectivity index (χ4v) is 7.25. The van der Waals surface area contributed by atoms with Crippen molar-refractivity contribution in [1.29, 1.82) is 0 Å². The number of epoxide rings is 2. The van der Waals surface area contributed by atoms with Gasteiger partial charge in [-0.05, 0) is 31.6 Å². The third kappa shape index (κ3) is 5.57. The van der Waals surface area contributed by atoms with Gasteiger partial charge < -0.3 is 36.0 Å². The molecule has 3 rings (SSSR count). The number of hydrogen-bond acceptors (Lipinski definition) is 8. The molecule has 3 fully saturated rings. The lowest BCUT2D eigenvalue weighted by molar-refractivity contribution is 0.110. The van der Waals surface area contributed by atoms with E-state index in [-0.39, 0.29) is 5.73 Å². The van der Waals surface area contributed by atoms with Gasteiger partial charge in [0.05, 0.1) is 18.8 Å². The van der Waals surface area contributed by atoms with Crippen molar-refractivity contribution in [2.24, 2.45) is 5.92 Å². The van der Waals surface area contributed by atoms with Gasteiger partial charge in [-0.25, -0.2) is 0 Å². The zero-order valence-electron chi connectivity index (χ0n) is 16.8. The average molecular weight is 411 g/mol. The quantitative estimate of drug-likeness (QED) is 0.397. The molecule has 2 heterocycles. The van der Waals surface area contributed by atoms with E-state index < -0.39 is 17.6 Å². The highest BCUT2D eigenvalue weighted by Crippen LogP contribution is 2.41. The van der Waals surface area contributed by atoms with E-state index in [4.69, 9.17) is 36.0 Å². The maximum absolute atomic E-state index is 5.54. The van der Waals surface area contributed by atoms with Crippen LogP contribution in [0.2, 0.25) is 6.04 Å². The maximum Gasteiger partial charge on any atom is 0.533 e. The first-order valence-corrected chi connectivity index (χ1v) is 12.8. The SMILES string of the molecule is CO[Si](CCC1CCC2OC2C1)(OC)OC.CO[Si](OC)(OC)C1CO1. The maximum atomic E-state index is 5.54. The third-order valence-electron chi connectivity index (χ3n) is 5.49. The normalized spacial score (nSPS) is 30.2. The van der Waals surface area contributed by atoms with E-state index in [0.29, 0.717) is 18.8 Å². The molecule has 1 aliphatic carbocycles. The van der Waals surface area contributed by atoms with E-state index in [1.165, 1.54) is 19.3 Å². The second-order valence-corrected chi connectivity index (χ2v) is 12.9. The van der Waals surface area contributed by atoms with Gasteiger partial charge in [-0.1, -0.05) is 0 Å². The summed E-state index contributed by atoms with van der Waals surface area (Å²) in [5.41, 5.74) is 0.0625. The summed E-state index contributed by atoms with van der Waals surface area (Å²) in [5.74, 6) is 0.760. The molecular formula is C16H34O8Si2. The Balaban J connectivity index is 0.000000209. The Labute approximate surface area is 159 Å². The van der Waals surface area contributed by atoms with Crippen LogP contribution in [0.15, 0.2) is 0 Å². The first kappa shape index (κ1) is 22.4. The summed E-state index contributed by atoms with van der Waals surface area (Å²) in [7, 11) is 5.04. The summed E-state index contributed by atoms with van der Waals surface area (Å²) in [4.78, 5) is 0. The van der Waals surface area contributed by atoms with Gasteiger partial charge >= 0.3 is 17.6 Å². The molecule has 0 radical (unpaired) electrons. The van der Waals surface area contributed by atoms with E-state index in [1.54, 1.807) is 42.7 Å². The van der Waals surface area contributed by atoms with Crippen LogP contribution in [0, 0.1) is 5.92 Å². The minimum atomic E-state index is -2.41. The Kier molecular flexibility index (Phi) is 8.66. The highest BCUT2D eigenvalue weighted by Gasteiger charge is 2.55. The van der Waals surface area contributed by atoms with Crippen LogP contribution in [0.1, 0.15) is 25.7 Å². The van der Waals surface area contributed by atoms with E-state index >= 15 is 0 Å². The number of fused-ring (bicyclic) bond motifs is 1. The summed E-state index contributed by atoms with van der Waals surface area (Å²) >= 11 is 0. The summed E-state index contributed by atoms with van der Waals surface area (Å²) < 4.78 is 42.2. The number of rotatable bonds is 10. The van der Waals surface area contributed by atoms with Gasteiger partial charge in [-0.15, -0.1) is 0 Å². The van der Waals surface area contributed by atoms with Crippen molar-refractivity contribution in [2.45, 2.75) is 49.7 Å². The Morgan fingerprint density at radius 1 is 0.808 bits per heavy atom. The molecule has 0 amide bonds. The van der Waals surface area contributed by atoms with Crippen LogP contribution < -0.4 is 0 Å². The third-order valence-corrected chi connectivity index (χ3v) is 11.1. The zero-order valence-corrected chi connectivity index (χ0v) is 18.8. The van der Waals surface area contributed by atoms with Gasteiger partial charge in [-0.3, -0.25) is 0 Å². The van der Waals surface area contributed by atoms with Gasteiger partial charge in [0.15, 0.2) is 5.73 Å². The molecule has 4 unspecified atom stereocenters. The second kappa shape index (κ2) is 10.1. The zero-order chi connectivity index (χ0) is 19.2. The molecule has 3 aliphatic rings. The Bertz CT molecular complexity index is 399. The van der Waals surface area contributed by atoms with Crippen LogP contribution in [0.25, 0.3) is 0 Å². The smallest absolute Gasteiger partial charge is 0.377 e. The highest BCUT2D eigenvalue weighted by atomic mass is 28.4. The predicted molar refractivity (Wildman–Crippen MR) is 98.7 cm³/mol. The standard InChI is InChI=1S/C11H22O4Si.C5H12O4Si/c1-12-16(13-2,14-3)7-6-9-4-5-10-11(8-9)15-10;1-6-10(7-2,8-3)5-4-9-5/h9-11H,4-8H2,1-3H3;5H,4H2,1-3H3. The van der Waals surface area contributed by atoms with Crippen LogP contribution in [-0.4, -0.2) is 84.8 Å². The fourth-order valence-electron chi connectivity index (χ4n) is 3.58. The lowest BCUT2D eigenvalue weighted by Crippen LogP contribution is -2.49. The van der Waals surface area contributed by atoms with Crippen molar-refractivity contribution < 1.29 is 36.0 Å². The Morgan fingerprint density at radius 2 is 1.38 bits per heavy atom. The van der Waals surface area contributed by atoms with Crippen LogP contribution in [0.3, 0.4) is 0 Å². The molecule has 0 aromatic heterocycles. The largest absolute Gasteiger partial charge is 0.533 e. The highest BCUT2D eigenvalue weighted by molar-refractivity contribution is 6.62. The minimum Gasteiger partial charge on any atom is -0.377 e. The molecule has 0 aromatic carbocycles. The minimum absolute atomic E-state index is 0.0625. The Morgan fingerprint density at radius 3 is 1.77 bits per heavy atom. The van der Waals surface area contributed by atoms with E-state index in [2.05, 4.69) is 0 Å². The van der Waals surface area contributed by atoms with Crippen molar-refractivity contribution in [3.63, 3.8) is 0 Å². The van der Waals surface area contributed by atoms with Gasteiger partial charge in [0.1, 0.15) is 0 Å². The van der Waals surface area contributed by atoms with Crippen molar-refractivity contribution in [3.05, 3.63) is 0 Å². The van der Waals surface area contributed by atoms with Crippen LogP contribution in [0.5, 0.6) is 0 Å². The molecular weight excluding hydrogens is 376 g/mol. The van der Waals surface area contributed by atoms with Crippen molar-refractivity contribution in [1.82, 2.24) is 0 Å². The van der Waals surface area contributed by atoms with Crippen LogP contribution in [-0.2, 0) is 36.0 Å². The summed E-state index contributed by atoms with van der Waals surface area (Å²) in [6.07, 6.45) is 6.01. The lowest BCUT2D eigenvalue weighted by atomic mass is 9.88. The summed E-state index contributed by atoms with van der Waals surface area (Å²) in [5, 5.41) is 0. The molecule has 2 saturated heterocycles. The molecule has 0 N–H and O–H groups in total. The number of hydrogen-bond donors (Lipinski definition) is 0. The lowest BCUT2D eigenvalue weighted by Gasteiger charge is -2.27. The summed E-state index contributed by atoms with van der Waals surface area (Å²) in [6.45, 7) is 0.696. The van der Waals surface area contributed by atoms with Crippen molar-refractivity contribution >= 4 is 17.6 Å².